The van der Waals surface area contributed by atoms with Crippen LogP contribution < -0.4 is 20.5 Å². The average Bonchev–Trinajstić information content (AvgIpc) is 3.45. The molecule has 1 fully saturated rings. The Morgan fingerprint density at radius 1 is 1.29 bits per heavy atom. The Balaban J connectivity index is 1.31. The lowest BCUT2D eigenvalue weighted by molar-refractivity contribution is 0.209. The predicted octanol–water partition coefficient (Wildman–Crippen LogP) is 3.25. The Morgan fingerprint density at radius 3 is 2.89 bits per heavy atom. The molecule has 0 bridgehead atoms. The van der Waals surface area contributed by atoms with Crippen molar-refractivity contribution in [3.63, 3.8) is 0 Å². The van der Waals surface area contributed by atoms with Gasteiger partial charge in [-0.05, 0) is 25.3 Å². The van der Waals surface area contributed by atoms with E-state index in [1.54, 1.807) is 17.7 Å². The number of primary amides is 1. The molecular weight excluding hydrogens is 450 g/mol. The maximum Gasteiger partial charge on any atom is 0.411 e. The molecule has 12 heteroatoms. The van der Waals surface area contributed by atoms with E-state index < -0.39 is 6.09 Å². The SMILES string of the molecule is Cn1c(Nc2cc3n(n2)CCC32CCC2)nc2ncc(Oc3ccnc(OC(N)=O)c3)c(C#N)c21. The Hall–Kier alpha value is -4.66. The van der Waals surface area contributed by atoms with Crippen LogP contribution in [0.4, 0.5) is 16.6 Å². The number of pyridine rings is 2. The van der Waals surface area contributed by atoms with Crippen LogP contribution in [0.3, 0.4) is 0 Å². The van der Waals surface area contributed by atoms with E-state index >= 15 is 0 Å². The molecule has 5 heterocycles. The molecule has 6 rings (SSSR count). The fraction of sp³-hybridized carbons (Fsp3) is 0.304. The van der Waals surface area contributed by atoms with Gasteiger partial charge in [-0.25, -0.2) is 14.8 Å². The fourth-order valence-electron chi connectivity index (χ4n) is 4.94. The monoisotopic (exact) mass is 471 g/mol. The van der Waals surface area contributed by atoms with E-state index in [1.165, 1.54) is 43.4 Å². The molecule has 12 nitrogen and oxygen atoms in total. The van der Waals surface area contributed by atoms with E-state index in [2.05, 4.69) is 37.1 Å². The summed E-state index contributed by atoms with van der Waals surface area (Å²) in [6, 6.07) is 7.24. The fourth-order valence-corrected chi connectivity index (χ4v) is 4.94. The summed E-state index contributed by atoms with van der Waals surface area (Å²) in [5.41, 5.74) is 7.78. The molecular formula is C23H21N9O3. The number of hydrogen-bond donors (Lipinski definition) is 2. The van der Waals surface area contributed by atoms with Crippen LogP contribution in [-0.4, -0.2) is 35.4 Å². The second-order valence-corrected chi connectivity index (χ2v) is 8.78. The lowest BCUT2D eigenvalue weighted by Crippen LogP contribution is -2.31. The number of carbonyl (C=O) groups excluding carboxylic acids is 1. The van der Waals surface area contributed by atoms with Gasteiger partial charge in [0.05, 0.1) is 6.20 Å². The maximum atomic E-state index is 11.0. The number of nitriles is 1. The summed E-state index contributed by atoms with van der Waals surface area (Å²) in [5, 5.41) is 17.9. The predicted molar refractivity (Wildman–Crippen MR) is 123 cm³/mol. The van der Waals surface area contributed by atoms with Crippen molar-refractivity contribution in [2.45, 2.75) is 37.6 Å². The van der Waals surface area contributed by atoms with Gasteiger partial charge < -0.3 is 25.1 Å². The van der Waals surface area contributed by atoms with Gasteiger partial charge in [0.25, 0.3) is 0 Å². The van der Waals surface area contributed by atoms with Crippen LogP contribution in [0.5, 0.6) is 17.4 Å². The van der Waals surface area contributed by atoms with Crippen LogP contribution in [0.15, 0.2) is 30.6 Å². The van der Waals surface area contributed by atoms with Crippen molar-refractivity contribution < 1.29 is 14.3 Å². The first-order valence-corrected chi connectivity index (χ1v) is 11.2. The van der Waals surface area contributed by atoms with Gasteiger partial charge in [0.1, 0.15) is 22.9 Å². The zero-order chi connectivity index (χ0) is 24.2. The zero-order valence-corrected chi connectivity index (χ0v) is 18.9. The highest BCUT2D eigenvalue weighted by Crippen LogP contribution is 2.50. The lowest BCUT2D eigenvalue weighted by atomic mass is 9.66. The van der Waals surface area contributed by atoms with E-state index in [4.69, 9.17) is 20.3 Å². The van der Waals surface area contributed by atoms with Gasteiger partial charge in [-0.15, -0.1) is 0 Å². The Kier molecular flexibility index (Phi) is 4.60. The number of ether oxygens (including phenoxy) is 2. The molecule has 0 aromatic carbocycles. The van der Waals surface area contributed by atoms with Gasteiger partial charge in [-0.2, -0.15) is 15.3 Å². The highest BCUT2D eigenvalue weighted by molar-refractivity contribution is 5.84. The molecule has 176 valence electrons. The minimum Gasteiger partial charge on any atom is -0.454 e. The van der Waals surface area contributed by atoms with E-state index in [9.17, 15) is 10.1 Å². The molecule has 0 unspecified atom stereocenters. The molecule has 0 saturated heterocycles. The first-order chi connectivity index (χ1) is 17.0. The van der Waals surface area contributed by atoms with Crippen LogP contribution >= 0.6 is 0 Å². The van der Waals surface area contributed by atoms with E-state index in [-0.39, 0.29) is 22.6 Å². The summed E-state index contributed by atoms with van der Waals surface area (Å²) in [4.78, 5) is 23.8. The van der Waals surface area contributed by atoms with Crippen LogP contribution in [0.1, 0.15) is 36.9 Å². The number of nitrogens with zero attached hydrogens (tertiary/aromatic N) is 7. The standard InChI is InChI=1S/C23H21N9O3/c1-31-19-14(11-24)15(34-13-3-7-26-18(9-13)35-21(25)33)12-27-20(19)29-22(31)28-17-10-16-23(4-2-5-23)6-8-32(16)30-17/h3,7,9-10,12H,2,4-6,8H2,1H3,(H2,25,33)(H,27,28,29,30). The molecule has 4 aromatic heterocycles. The van der Waals surface area contributed by atoms with Crippen LogP contribution in [0, 0.1) is 11.3 Å². The summed E-state index contributed by atoms with van der Waals surface area (Å²) < 4.78 is 14.5. The summed E-state index contributed by atoms with van der Waals surface area (Å²) in [5.74, 6) is 1.73. The third kappa shape index (κ3) is 3.40. The van der Waals surface area contributed by atoms with Crippen molar-refractivity contribution in [1.82, 2.24) is 29.3 Å². The molecule has 3 N–H and O–H groups in total. The van der Waals surface area contributed by atoms with Crippen molar-refractivity contribution in [1.29, 1.82) is 5.26 Å². The quantitative estimate of drug-likeness (QED) is 0.445. The van der Waals surface area contributed by atoms with Crippen molar-refractivity contribution in [2.75, 3.05) is 5.32 Å². The maximum absolute atomic E-state index is 11.0. The number of aromatic nitrogens is 6. The van der Waals surface area contributed by atoms with Gasteiger partial charge in [0.2, 0.25) is 11.8 Å². The summed E-state index contributed by atoms with van der Waals surface area (Å²) in [6.45, 7) is 0.932. The molecule has 35 heavy (non-hydrogen) atoms. The number of hydrogen-bond acceptors (Lipinski definition) is 9. The number of fused-ring (bicyclic) bond motifs is 3. The Bertz CT molecular complexity index is 1530. The molecule has 1 spiro atoms. The van der Waals surface area contributed by atoms with Crippen molar-refractivity contribution >= 4 is 29.0 Å². The lowest BCUT2D eigenvalue weighted by Gasteiger charge is -2.37. The minimum absolute atomic E-state index is 0.0230. The highest BCUT2D eigenvalue weighted by atomic mass is 16.6. The number of amides is 1. The van der Waals surface area contributed by atoms with Gasteiger partial charge in [-0.3, -0.25) is 4.68 Å². The molecule has 1 saturated carbocycles. The Morgan fingerprint density at radius 2 is 2.14 bits per heavy atom. The second-order valence-electron chi connectivity index (χ2n) is 8.78. The first kappa shape index (κ1) is 20.9. The van der Waals surface area contributed by atoms with Crippen LogP contribution in [0.2, 0.25) is 0 Å². The molecule has 0 radical (unpaired) electrons. The molecule has 0 atom stereocenters. The highest BCUT2D eigenvalue weighted by Gasteiger charge is 2.45. The van der Waals surface area contributed by atoms with Gasteiger partial charge in [0.15, 0.2) is 17.2 Å². The van der Waals surface area contributed by atoms with Crippen molar-refractivity contribution in [2.24, 2.45) is 12.8 Å². The van der Waals surface area contributed by atoms with Gasteiger partial charge in [-0.1, -0.05) is 6.42 Å². The van der Waals surface area contributed by atoms with Crippen LogP contribution in [0.25, 0.3) is 11.2 Å². The summed E-state index contributed by atoms with van der Waals surface area (Å²) in [7, 11) is 1.80. The van der Waals surface area contributed by atoms with Crippen molar-refractivity contribution in [3.05, 3.63) is 41.9 Å². The molecule has 1 aliphatic carbocycles. The summed E-state index contributed by atoms with van der Waals surface area (Å²) in [6.07, 6.45) is 6.70. The third-order valence-corrected chi connectivity index (χ3v) is 6.79. The largest absolute Gasteiger partial charge is 0.454 e. The molecule has 1 amide bonds. The van der Waals surface area contributed by atoms with E-state index in [0.29, 0.717) is 22.9 Å². The third-order valence-electron chi connectivity index (χ3n) is 6.79. The smallest absolute Gasteiger partial charge is 0.411 e. The average molecular weight is 471 g/mol. The topological polar surface area (TPSA) is 159 Å². The number of nitrogens with two attached hydrogens (primary N) is 1. The van der Waals surface area contributed by atoms with E-state index in [1.807, 2.05) is 0 Å². The van der Waals surface area contributed by atoms with Crippen molar-refractivity contribution in [3.8, 4) is 23.4 Å². The van der Waals surface area contributed by atoms with Gasteiger partial charge in [0, 0.05) is 43.0 Å². The number of rotatable bonds is 5. The zero-order valence-electron chi connectivity index (χ0n) is 18.9. The molecule has 4 aromatic rings. The second kappa shape index (κ2) is 7.69. The first-order valence-electron chi connectivity index (χ1n) is 11.2. The normalized spacial score (nSPS) is 15.4. The summed E-state index contributed by atoms with van der Waals surface area (Å²) >= 11 is 0. The number of nitrogens with one attached hydrogen (secondary N) is 1. The number of carbonyl (C=O) groups is 1. The molecule has 2 aliphatic rings. The van der Waals surface area contributed by atoms with E-state index in [0.717, 1.165) is 18.8 Å². The number of imidazole rings is 1. The number of anilines is 2. The minimum atomic E-state index is -0.990. The van der Waals surface area contributed by atoms with Gasteiger partial charge >= 0.3 is 6.09 Å². The Labute approximate surface area is 199 Å². The molecule has 1 aliphatic heterocycles. The number of aryl methyl sites for hydroxylation is 2. The van der Waals surface area contributed by atoms with Crippen LogP contribution in [-0.2, 0) is 19.0 Å².